The topological polar surface area (TPSA) is 61.6 Å². The third kappa shape index (κ3) is 2.54. The monoisotopic (exact) mass is 285 g/mol. The van der Waals surface area contributed by atoms with Crippen molar-refractivity contribution in [1.29, 1.82) is 0 Å². The lowest BCUT2D eigenvalue weighted by Crippen LogP contribution is -2.18. The van der Waals surface area contributed by atoms with Crippen LogP contribution in [0.4, 0.5) is 5.69 Å². The first-order valence-corrected chi connectivity index (χ1v) is 5.80. The van der Waals surface area contributed by atoms with Gasteiger partial charge in [0.15, 0.2) is 0 Å². The molecule has 1 aromatic rings. The van der Waals surface area contributed by atoms with Crippen LogP contribution in [0, 0.1) is 0 Å². The van der Waals surface area contributed by atoms with E-state index >= 15 is 0 Å². The standard InChI is InChI=1S/C11H12BrNO3/c12-7-1-2-9(10(13)5-7)11(14)16-8-3-4-15-6-8/h1-2,5,8H,3-4,6,13H2. The molecule has 1 fully saturated rings. The molecule has 0 aliphatic carbocycles. The van der Waals surface area contributed by atoms with Crippen molar-refractivity contribution in [3.05, 3.63) is 28.2 Å². The van der Waals surface area contributed by atoms with Crippen LogP contribution < -0.4 is 5.73 Å². The predicted molar refractivity (Wildman–Crippen MR) is 63.2 cm³/mol. The van der Waals surface area contributed by atoms with E-state index < -0.39 is 0 Å². The van der Waals surface area contributed by atoms with E-state index in [1.165, 1.54) is 0 Å². The van der Waals surface area contributed by atoms with Gasteiger partial charge in [0.1, 0.15) is 6.10 Å². The summed E-state index contributed by atoms with van der Waals surface area (Å²) in [6, 6.07) is 5.09. The molecule has 1 heterocycles. The average Bonchev–Trinajstić information content (AvgIpc) is 2.70. The van der Waals surface area contributed by atoms with Gasteiger partial charge in [-0.05, 0) is 18.2 Å². The largest absolute Gasteiger partial charge is 0.456 e. The second-order valence-electron chi connectivity index (χ2n) is 3.62. The number of halogens is 1. The molecule has 1 unspecified atom stereocenters. The molecule has 1 aliphatic heterocycles. The minimum Gasteiger partial charge on any atom is -0.456 e. The molecule has 1 aromatic carbocycles. The van der Waals surface area contributed by atoms with Crippen LogP contribution in [-0.2, 0) is 9.47 Å². The van der Waals surface area contributed by atoms with Crippen molar-refractivity contribution in [2.24, 2.45) is 0 Å². The van der Waals surface area contributed by atoms with Crippen molar-refractivity contribution in [2.75, 3.05) is 18.9 Å². The van der Waals surface area contributed by atoms with Gasteiger partial charge in [-0.2, -0.15) is 0 Å². The molecule has 4 nitrogen and oxygen atoms in total. The van der Waals surface area contributed by atoms with Crippen molar-refractivity contribution in [2.45, 2.75) is 12.5 Å². The Hall–Kier alpha value is -1.07. The van der Waals surface area contributed by atoms with Crippen LogP contribution in [-0.4, -0.2) is 25.3 Å². The Morgan fingerprint density at radius 2 is 2.38 bits per heavy atom. The average molecular weight is 286 g/mol. The van der Waals surface area contributed by atoms with Gasteiger partial charge in [-0.1, -0.05) is 15.9 Å². The number of ether oxygens (including phenoxy) is 2. The first-order valence-electron chi connectivity index (χ1n) is 5.00. The summed E-state index contributed by atoms with van der Waals surface area (Å²) in [6.45, 7) is 1.12. The summed E-state index contributed by atoms with van der Waals surface area (Å²) in [4.78, 5) is 11.8. The van der Waals surface area contributed by atoms with Crippen LogP contribution in [0.3, 0.4) is 0 Å². The second-order valence-corrected chi connectivity index (χ2v) is 4.54. The van der Waals surface area contributed by atoms with Crippen LogP contribution in [0.5, 0.6) is 0 Å². The zero-order valence-electron chi connectivity index (χ0n) is 8.61. The summed E-state index contributed by atoms with van der Waals surface area (Å²) < 4.78 is 11.2. The highest BCUT2D eigenvalue weighted by molar-refractivity contribution is 9.10. The zero-order chi connectivity index (χ0) is 11.5. The predicted octanol–water partition coefficient (Wildman–Crippen LogP) is 1.98. The van der Waals surface area contributed by atoms with Gasteiger partial charge in [-0.25, -0.2) is 4.79 Å². The molecule has 5 heteroatoms. The summed E-state index contributed by atoms with van der Waals surface area (Å²) >= 11 is 3.28. The minimum absolute atomic E-state index is 0.143. The molecule has 1 saturated heterocycles. The third-order valence-electron chi connectivity index (χ3n) is 2.40. The highest BCUT2D eigenvalue weighted by Crippen LogP contribution is 2.20. The number of esters is 1. The molecular formula is C11H12BrNO3. The van der Waals surface area contributed by atoms with Gasteiger partial charge >= 0.3 is 5.97 Å². The summed E-state index contributed by atoms with van der Waals surface area (Å²) in [5.74, 6) is -0.388. The summed E-state index contributed by atoms with van der Waals surface area (Å²) in [7, 11) is 0. The molecule has 0 saturated carbocycles. The first kappa shape index (κ1) is 11.4. The van der Waals surface area contributed by atoms with Crippen molar-refractivity contribution in [3.63, 3.8) is 0 Å². The Labute approximate surface area is 102 Å². The van der Waals surface area contributed by atoms with Gasteiger partial charge in [0.25, 0.3) is 0 Å². The first-order chi connectivity index (χ1) is 7.66. The Balaban J connectivity index is 2.08. The van der Waals surface area contributed by atoms with E-state index in [4.69, 9.17) is 15.2 Å². The quantitative estimate of drug-likeness (QED) is 0.667. The molecule has 0 amide bonds. The number of anilines is 1. The molecule has 86 valence electrons. The highest BCUT2D eigenvalue weighted by Gasteiger charge is 2.21. The molecule has 0 aromatic heterocycles. The fourth-order valence-corrected chi connectivity index (χ4v) is 1.92. The molecule has 1 atom stereocenters. The lowest BCUT2D eigenvalue weighted by Gasteiger charge is -2.11. The number of nitrogens with two attached hydrogens (primary N) is 1. The van der Waals surface area contributed by atoms with E-state index in [1.54, 1.807) is 18.2 Å². The molecular weight excluding hydrogens is 274 g/mol. The number of hydrogen-bond donors (Lipinski definition) is 1. The maximum absolute atomic E-state index is 11.8. The molecule has 2 N–H and O–H groups in total. The lowest BCUT2D eigenvalue weighted by atomic mass is 10.2. The van der Waals surface area contributed by atoms with Crippen molar-refractivity contribution >= 4 is 27.6 Å². The molecule has 16 heavy (non-hydrogen) atoms. The van der Waals surface area contributed by atoms with Gasteiger partial charge in [0, 0.05) is 16.6 Å². The van der Waals surface area contributed by atoms with Crippen molar-refractivity contribution in [3.8, 4) is 0 Å². The Bertz CT molecular complexity index is 402. The summed E-state index contributed by atoms with van der Waals surface area (Å²) in [5, 5.41) is 0. The number of nitrogen functional groups attached to an aromatic ring is 1. The highest BCUT2D eigenvalue weighted by atomic mass is 79.9. The summed E-state index contributed by atoms with van der Waals surface area (Å²) in [6.07, 6.45) is 0.609. The smallest absolute Gasteiger partial charge is 0.340 e. The van der Waals surface area contributed by atoms with Gasteiger partial charge in [0.2, 0.25) is 0 Å². The third-order valence-corrected chi connectivity index (χ3v) is 2.89. The normalized spacial score (nSPS) is 19.7. The van der Waals surface area contributed by atoms with E-state index in [1.807, 2.05) is 0 Å². The van der Waals surface area contributed by atoms with Crippen molar-refractivity contribution in [1.82, 2.24) is 0 Å². The number of rotatable bonds is 2. The fourth-order valence-electron chi connectivity index (χ4n) is 1.54. The van der Waals surface area contributed by atoms with Crippen LogP contribution in [0.25, 0.3) is 0 Å². The zero-order valence-corrected chi connectivity index (χ0v) is 10.2. The van der Waals surface area contributed by atoms with E-state index in [2.05, 4.69) is 15.9 Å². The van der Waals surface area contributed by atoms with Crippen molar-refractivity contribution < 1.29 is 14.3 Å². The van der Waals surface area contributed by atoms with Crippen LogP contribution >= 0.6 is 15.9 Å². The summed E-state index contributed by atoms with van der Waals surface area (Å²) in [5.41, 5.74) is 6.55. The second kappa shape index (κ2) is 4.84. The van der Waals surface area contributed by atoms with Gasteiger partial charge in [-0.15, -0.1) is 0 Å². The Morgan fingerprint density at radius 3 is 3.00 bits per heavy atom. The molecule has 1 aliphatic rings. The van der Waals surface area contributed by atoms with Gasteiger partial charge in [0.05, 0.1) is 18.8 Å². The molecule has 0 radical (unpaired) electrons. The molecule has 0 bridgehead atoms. The Kier molecular flexibility index (Phi) is 3.46. The van der Waals surface area contributed by atoms with Crippen LogP contribution in [0.1, 0.15) is 16.8 Å². The number of carbonyl (C=O) groups excluding carboxylic acids is 1. The van der Waals surface area contributed by atoms with Crippen LogP contribution in [0.2, 0.25) is 0 Å². The molecule has 0 spiro atoms. The number of carbonyl (C=O) groups is 1. The maximum atomic E-state index is 11.8. The van der Waals surface area contributed by atoms with Gasteiger partial charge < -0.3 is 15.2 Å². The Morgan fingerprint density at radius 1 is 1.56 bits per heavy atom. The maximum Gasteiger partial charge on any atom is 0.340 e. The number of hydrogen-bond acceptors (Lipinski definition) is 4. The van der Waals surface area contributed by atoms with E-state index in [-0.39, 0.29) is 12.1 Å². The van der Waals surface area contributed by atoms with E-state index in [9.17, 15) is 4.79 Å². The van der Waals surface area contributed by atoms with Crippen LogP contribution in [0.15, 0.2) is 22.7 Å². The van der Waals surface area contributed by atoms with Gasteiger partial charge in [-0.3, -0.25) is 0 Å². The van der Waals surface area contributed by atoms with E-state index in [0.717, 1.165) is 10.9 Å². The fraction of sp³-hybridized carbons (Fsp3) is 0.364. The molecule has 2 rings (SSSR count). The van der Waals surface area contributed by atoms with E-state index in [0.29, 0.717) is 24.5 Å². The SMILES string of the molecule is Nc1cc(Br)ccc1C(=O)OC1CCOC1. The lowest BCUT2D eigenvalue weighted by molar-refractivity contribution is 0.0272. The minimum atomic E-state index is -0.388. The number of benzene rings is 1.